The Balaban J connectivity index is 1.74. The average molecular weight is 425 g/mol. The summed E-state index contributed by atoms with van der Waals surface area (Å²) in [6, 6.07) is 9.37. The number of carbonyl (C=O) groups excluding carboxylic acids is 1. The lowest BCUT2D eigenvalue weighted by Gasteiger charge is -2.13. The first kappa shape index (κ1) is 19.6. The minimum Gasteiger partial charge on any atom is -0.321 e. The Hall–Kier alpha value is -2.70. The van der Waals surface area contributed by atoms with E-state index in [1.54, 1.807) is 23.5 Å². The molecule has 0 unspecified atom stereocenters. The fourth-order valence-corrected chi connectivity index (χ4v) is 4.64. The SMILES string of the molecule is Cc1cc(C)n(-c2nc3cc(C)c(NC(=O)c4ccc(C)c(Cl)c4)c(C)c3s2)n1. The highest BCUT2D eigenvalue weighted by Gasteiger charge is 2.17. The molecule has 4 aromatic rings. The summed E-state index contributed by atoms with van der Waals surface area (Å²) in [5, 5.41) is 9.00. The molecule has 2 aromatic heterocycles. The highest BCUT2D eigenvalue weighted by Crippen LogP contribution is 2.35. The number of hydrogen-bond donors (Lipinski definition) is 1. The molecule has 0 saturated carbocycles. The van der Waals surface area contributed by atoms with Crippen LogP contribution in [-0.4, -0.2) is 20.7 Å². The van der Waals surface area contributed by atoms with E-state index in [4.69, 9.17) is 16.6 Å². The molecule has 0 fully saturated rings. The van der Waals surface area contributed by atoms with E-state index in [-0.39, 0.29) is 5.91 Å². The highest BCUT2D eigenvalue weighted by atomic mass is 35.5. The second-order valence-electron chi connectivity index (χ2n) is 7.30. The molecular formula is C22H21ClN4OS. The average Bonchev–Trinajstić information content (AvgIpc) is 3.23. The second-order valence-corrected chi connectivity index (χ2v) is 8.68. The standard InChI is InChI=1S/C22H21ClN4OS/c1-11-6-7-16(10-17(11)23)21(28)25-19-12(2)8-18-20(15(19)5)29-22(24-18)27-14(4)9-13(3)26-27/h6-10H,1-5H3,(H,25,28). The number of aryl methyl sites for hydroxylation is 5. The second kappa shape index (κ2) is 7.28. The Morgan fingerprint density at radius 3 is 2.48 bits per heavy atom. The third kappa shape index (κ3) is 3.54. The molecule has 0 aliphatic heterocycles. The Morgan fingerprint density at radius 1 is 1.07 bits per heavy atom. The van der Waals surface area contributed by atoms with Crippen molar-refractivity contribution in [1.82, 2.24) is 14.8 Å². The number of fused-ring (bicyclic) bond motifs is 1. The number of benzene rings is 2. The normalized spacial score (nSPS) is 11.2. The van der Waals surface area contributed by atoms with E-state index >= 15 is 0 Å². The molecule has 2 aromatic carbocycles. The predicted octanol–water partition coefficient (Wildman–Crippen LogP) is 5.93. The van der Waals surface area contributed by atoms with Crippen molar-refractivity contribution in [3.05, 3.63) is 69.0 Å². The number of aromatic nitrogens is 3. The summed E-state index contributed by atoms with van der Waals surface area (Å²) >= 11 is 7.75. The summed E-state index contributed by atoms with van der Waals surface area (Å²) in [5.41, 5.74) is 7.15. The lowest BCUT2D eigenvalue weighted by molar-refractivity contribution is 0.102. The third-order valence-electron chi connectivity index (χ3n) is 4.97. The maximum absolute atomic E-state index is 12.8. The van der Waals surface area contributed by atoms with E-state index in [1.165, 1.54) is 0 Å². The van der Waals surface area contributed by atoms with E-state index in [2.05, 4.69) is 10.4 Å². The van der Waals surface area contributed by atoms with Crippen molar-refractivity contribution in [3.63, 3.8) is 0 Å². The lowest BCUT2D eigenvalue weighted by Crippen LogP contribution is -2.14. The minimum atomic E-state index is -0.180. The number of carbonyl (C=O) groups is 1. The van der Waals surface area contributed by atoms with E-state index in [1.807, 2.05) is 57.5 Å². The van der Waals surface area contributed by atoms with Crippen LogP contribution in [0.15, 0.2) is 30.3 Å². The van der Waals surface area contributed by atoms with Crippen molar-refractivity contribution in [2.75, 3.05) is 5.32 Å². The van der Waals surface area contributed by atoms with Crippen LogP contribution in [0.3, 0.4) is 0 Å². The fourth-order valence-electron chi connectivity index (χ4n) is 3.40. The molecule has 4 rings (SSSR count). The Kier molecular flexibility index (Phi) is 4.92. The van der Waals surface area contributed by atoms with Crippen LogP contribution in [0.4, 0.5) is 5.69 Å². The van der Waals surface area contributed by atoms with E-state index < -0.39 is 0 Å². The first-order valence-electron chi connectivity index (χ1n) is 9.26. The number of anilines is 1. The van der Waals surface area contributed by atoms with Gasteiger partial charge in [-0.1, -0.05) is 29.0 Å². The summed E-state index contributed by atoms with van der Waals surface area (Å²) in [6.07, 6.45) is 0. The van der Waals surface area contributed by atoms with E-state index in [0.29, 0.717) is 10.6 Å². The molecule has 7 heteroatoms. The van der Waals surface area contributed by atoms with Crippen molar-refractivity contribution < 1.29 is 4.79 Å². The number of thiazole rings is 1. The van der Waals surface area contributed by atoms with Gasteiger partial charge in [-0.25, -0.2) is 9.67 Å². The predicted molar refractivity (Wildman–Crippen MR) is 120 cm³/mol. The number of nitrogens with one attached hydrogen (secondary N) is 1. The zero-order chi connectivity index (χ0) is 20.9. The molecule has 148 valence electrons. The molecule has 1 N–H and O–H groups in total. The number of halogens is 1. The molecule has 0 spiro atoms. The van der Waals surface area contributed by atoms with Crippen LogP contribution in [0.5, 0.6) is 0 Å². The summed E-state index contributed by atoms with van der Waals surface area (Å²) in [5.74, 6) is -0.180. The maximum Gasteiger partial charge on any atom is 0.255 e. The van der Waals surface area contributed by atoms with Crippen molar-refractivity contribution in [2.24, 2.45) is 0 Å². The molecule has 0 saturated heterocycles. The summed E-state index contributed by atoms with van der Waals surface area (Å²) < 4.78 is 2.90. The quantitative estimate of drug-likeness (QED) is 0.443. The fraction of sp³-hybridized carbons (Fsp3) is 0.227. The minimum absolute atomic E-state index is 0.180. The van der Waals surface area contributed by atoms with Crippen molar-refractivity contribution in [1.29, 1.82) is 0 Å². The topological polar surface area (TPSA) is 59.8 Å². The van der Waals surface area contributed by atoms with Crippen molar-refractivity contribution in [2.45, 2.75) is 34.6 Å². The van der Waals surface area contributed by atoms with Crippen molar-refractivity contribution in [3.8, 4) is 5.13 Å². The van der Waals surface area contributed by atoms with Gasteiger partial charge in [-0.3, -0.25) is 4.79 Å². The summed E-state index contributed by atoms with van der Waals surface area (Å²) in [7, 11) is 0. The van der Waals surface area contributed by atoms with Crippen LogP contribution < -0.4 is 5.32 Å². The van der Waals surface area contributed by atoms with Crippen LogP contribution in [0.2, 0.25) is 5.02 Å². The Labute approximate surface area is 178 Å². The van der Waals surface area contributed by atoms with Crippen LogP contribution in [0.25, 0.3) is 15.3 Å². The Morgan fingerprint density at radius 2 is 1.83 bits per heavy atom. The molecule has 0 aliphatic rings. The van der Waals surface area contributed by atoms with Gasteiger partial charge in [0.25, 0.3) is 5.91 Å². The van der Waals surface area contributed by atoms with Gasteiger partial charge in [0.05, 0.1) is 15.9 Å². The maximum atomic E-state index is 12.8. The molecule has 5 nitrogen and oxygen atoms in total. The van der Waals surface area contributed by atoms with Gasteiger partial charge in [0.1, 0.15) is 0 Å². The van der Waals surface area contributed by atoms with Gasteiger partial charge in [0, 0.05) is 22.0 Å². The van der Waals surface area contributed by atoms with Gasteiger partial charge >= 0.3 is 0 Å². The zero-order valence-electron chi connectivity index (χ0n) is 16.9. The molecule has 0 bridgehead atoms. The van der Waals surface area contributed by atoms with Crippen LogP contribution in [0.1, 0.15) is 38.4 Å². The van der Waals surface area contributed by atoms with Gasteiger partial charge < -0.3 is 5.32 Å². The monoisotopic (exact) mass is 424 g/mol. The summed E-state index contributed by atoms with van der Waals surface area (Å²) in [6.45, 7) is 9.89. The van der Waals surface area contributed by atoms with Crippen molar-refractivity contribution >= 4 is 44.7 Å². The van der Waals surface area contributed by atoms with E-state index in [0.717, 1.165) is 49.1 Å². The first-order chi connectivity index (χ1) is 13.7. The molecular weight excluding hydrogens is 404 g/mol. The van der Waals surface area contributed by atoms with Gasteiger partial charge in [-0.2, -0.15) is 5.10 Å². The molecule has 29 heavy (non-hydrogen) atoms. The van der Waals surface area contributed by atoms with Gasteiger partial charge in [-0.05, 0) is 75.6 Å². The zero-order valence-corrected chi connectivity index (χ0v) is 18.5. The number of amides is 1. The van der Waals surface area contributed by atoms with Crippen LogP contribution in [-0.2, 0) is 0 Å². The molecule has 0 radical (unpaired) electrons. The van der Waals surface area contributed by atoms with Gasteiger partial charge in [0.2, 0.25) is 5.13 Å². The van der Waals surface area contributed by atoms with Gasteiger partial charge in [-0.15, -0.1) is 0 Å². The Bertz CT molecular complexity index is 1270. The molecule has 1 amide bonds. The van der Waals surface area contributed by atoms with E-state index in [9.17, 15) is 4.79 Å². The van der Waals surface area contributed by atoms with Crippen LogP contribution in [0, 0.1) is 34.6 Å². The smallest absolute Gasteiger partial charge is 0.255 e. The first-order valence-corrected chi connectivity index (χ1v) is 10.5. The molecule has 0 aliphatic carbocycles. The molecule has 2 heterocycles. The number of rotatable bonds is 3. The number of nitrogens with zero attached hydrogens (tertiary/aromatic N) is 3. The summed E-state index contributed by atoms with van der Waals surface area (Å²) in [4.78, 5) is 17.6. The highest BCUT2D eigenvalue weighted by molar-refractivity contribution is 7.21. The third-order valence-corrected chi connectivity index (χ3v) is 6.54. The molecule has 0 atom stereocenters. The lowest BCUT2D eigenvalue weighted by atomic mass is 10.1. The largest absolute Gasteiger partial charge is 0.321 e. The van der Waals surface area contributed by atoms with Gasteiger partial charge in [0.15, 0.2) is 0 Å². The number of hydrogen-bond acceptors (Lipinski definition) is 4. The van der Waals surface area contributed by atoms with Crippen LogP contribution >= 0.6 is 22.9 Å².